The molecule has 0 aliphatic carbocycles. The van der Waals surface area contributed by atoms with Crippen LogP contribution in [0, 0.1) is 11.3 Å². The molecule has 1 atom stereocenters. The first-order valence-corrected chi connectivity index (χ1v) is 9.06. The molecule has 1 amide bonds. The Morgan fingerprint density at radius 2 is 1.96 bits per heavy atom. The van der Waals surface area contributed by atoms with Crippen molar-refractivity contribution in [1.29, 1.82) is 5.26 Å². The summed E-state index contributed by atoms with van der Waals surface area (Å²) in [5.41, 5.74) is 4.33. The second-order valence-electron chi connectivity index (χ2n) is 6.05. The first-order valence-electron chi connectivity index (χ1n) is 9.06. The van der Waals surface area contributed by atoms with E-state index in [0.717, 1.165) is 18.8 Å². The van der Waals surface area contributed by atoms with Crippen molar-refractivity contribution in [2.45, 2.75) is 26.9 Å². The van der Waals surface area contributed by atoms with Crippen molar-refractivity contribution in [1.82, 2.24) is 5.43 Å². The molecule has 7 nitrogen and oxygen atoms in total. The minimum absolute atomic E-state index is 0.0873. The number of benzene rings is 2. The topological polar surface area (TPSA) is 98.0 Å². The molecule has 0 spiro atoms. The molecule has 1 unspecified atom stereocenters. The normalized spacial score (nSPS) is 11.6. The lowest BCUT2D eigenvalue weighted by Gasteiger charge is -2.21. The summed E-state index contributed by atoms with van der Waals surface area (Å²) < 4.78 is 5.52. The van der Waals surface area contributed by atoms with Gasteiger partial charge in [0.1, 0.15) is 11.5 Å². The lowest BCUT2D eigenvalue weighted by atomic mass is 10.2. The second-order valence-corrected chi connectivity index (χ2v) is 6.05. The zero-order valence-electron chi connectivity index (χ0n) is 16.2. The van der Waals surface area contributed by atoms with Gasteiger partial charge >= 0.3 is 0 Å². The number of nitrogens with zero attached hydrogens (tertiary/aromatic N) is 3. The van der Waals surface area contributed by atoms with Crippen LogP contribution in [-0.2, 0) is 4.79 Å². The predicted molar refractivity (Wildman–Crippen MR) is 109 cm³/mol. The first-order chi connectivity index (χ1) is 13.5. The number of anilines is 1. The zero-order valence-corrected chi connectivity index (χ0v) is 16.2. The Labute approximate surface area is 164 Å². The van der Waals surface area contributed by atoms with Gasteiger partial charge < -0.3 is 14.7 Å². The highest BCUT2D eigenvalue weighted by atomic mass is 16.5. The van der Waals surface area contributed by atoms with Crippen molar-refractivity contribution in [3.63, 3.8) is 0 Å². The third-order valence-electron chi connectivity index (χ3n) is 4.19. The van der Waals surface area contributed by atoms with E-state index in [0.29, 0.717) is 16.9 Å². The molecule has 28 heavy (non-hydrogen) atoms. The summed E-state index contributed by atoms with van der Waals surface area (Å²) in [5.74, 6) is 0.138. The quantitative estimate of drug-likeness (QED) is 0.542. The van der Waals surface area contributed by atoms with Gasteiger partial charge in [-0.25, -0.2) is 5.43 Å². The van der Waals surface area contributed by atoms with Crippen molar-refractivity contribution in [2.24, 2.45) is 5.10 Å². The van der Waals surface area contributed by atoms with Crippen LogP contribution in [0.3, 0.4) is 0 Å². The number of carbonyl (C=O) groups is 1. The summed E-state index contributed by atoms with van der Waals surface area (Å²) in [6.07, 6.45) is 0.608. The fourth-order valence-electron chi connectivity index (χ4n) is 2.55. The van der Waals surface area contributed by atoms with E-state index in [2.05, 4.69) is 15.4 Å². The van der Waals surface area contributed by atoms with Crippen LogP contribution in [0.2, 0.25) is 0 Å². The molecule has 0 heterocycles. The molecule has 0 saturated carbocycles. The molecule has 2 N–H and O–H groups in total. The van der Waals surface area contributed by atoms with E-state index in [4.69, 9.17) is 10.00 Å². The molecule has 146 valence electrons. The largest absolute Gasteiger partial charge is 0.507 e. The average molecular weight is 380 g/mol. The summed E-state index contributed by atoms with van der Waals surface area (Å²) >= 11 is 0. The van der Waals surface area contributed by atoms with Crippen molar-refractivity contribution >= 4 is 17.8 Å². The SMILES string of the molecule is CCN(CC)c1ccc(/C=N/NC(=O)C(C)Oc2ccc(C#N)cc2)c(O)c1. The number of aromatic hydroxyl groups is 1. The van der Waals surface area contributed by atoms with Gasteiger partial charge in [-0.15, -0.1) is 0 Å². The minimum atomic E-state index is -0.774. The standard InChI is InChI=1S/C21H24N4O3/c1-4-25(5-2)18-9-8-17(20(26)12-18)14-23-24-21(27)15(3)28-19-10-6-16(13-22)7-11-19/h6-12,14-15,26H,4-5H2,1-3H3,(H,24,27)/b23-14+. The predicted octanol–water partition coefficient (Wildman–Crippen LogP) is 3.03. The van der Waals surface area contributed by atoms with E-state index in [1.807, 2.05) is 26.0 Å². The molecule has 0 fully saturated rings. The maximum atomic E-state index is 12.1. The van der Waals surface area contributed by atoms with Gasteiger partial charge in [-0.05, 0) is 57.2 Å². The van der Waals surface area contributed by atoms with E-state index in [9.17, 15) is 9.90 Å². The zero-order chi connectivity index (χ0) is 20.5. The minimum Gasteiger partial charge on any atom is -0.507 e. The van der Waals surface area contributed by atoms with Crippen LogP contribution in [0.25, 0.3) is 0 Å². The third-order valence-corrected chi connectivity index (χ3v) is 4.19. The van der Waals surface area contributed by atoms with E-state index < -0.39 is 12.0 Å². The van der Waals surface area contributed by atoms with Crippen LogP contribution in [0.4, 0.5) is 5.69 Å². The van der Waals surface area contributed by atoms with Gasteiger partial charge in [0.05, 0.1) is 17.8 Å². The van der Waals surface area contributed by atoms with Crippen molar-refractivity contribution in [2.75, 3.05) is 18.0 Å². The molecule has 2 rings (SSSR count). The lowest BCUT2D eigenvalue weighted by molar-refractivity contribution is -0.127. The Morgan fingerprint density at radius 3 is 2.54 bits per heavy atom. The van der Waals surface area contributed by atoms with Gasteiger partial charge in [0.15, 0.2) is 6.10 Å². The monoisotopic (exact) mass is 380 g/mol. The summed E-state index contributed by atoms with van der Waals surface area (Å²) in [6.45, 7) is 7.38. The van der Waals surface area contributed by atoms with Gasteiger partial charge in [0.2, 0.25) is 0 Å². The Kier molecular flexibility index (Phi) is 7.40. The summed E-state index contributed by atoms with van der Waals surface area (Å²) in [4.78, 5) is 14.2. The molecule has 7 heteroatoms. The highest BCUT2D eigenvalue weighted by Crippen LogP contribution is 2.23. The van der Waals surface area contributed by atoms with E-state index in [-0.39, 0.29) is 5.75 Å². The second kappa shape index (κ2) is 9.97. The maximum absolute atomic E-state index is 12.1. The molecule has 2 aromatic carbocycles. The van der Waals surface area contributed by atoms with E-state index >= 15 is 0 Å². The summed E-state index contributed by atoms with van der Waals surface area (Å²) in [7, 11) is 0. The van der Waals surface area contributed by atoms with Crippen molar-refractivity contribution in [3.8, 4) is 17.6 Å². The van der Waals surface area contributed by atoms with E-state index in [1.54, 1.807) is 43.3 Å². The number of phenols is 1. The molecular weight excluding hydrogens is 356 g/mol. The van der Waals surface area contributed by atoms with Crippen LogP contribution in [-0.4, -0.2) is 36.4 Å². The molecule has 2 aromatic rings. The Morgan fingerprint density at radius 1 is 1.29 bits per heavy atom. The number of hydrogen-bond acceptors (Lipinski definition) is 6. The number of phenolic OH excluding ortho intramolecular Hbond substituents is 1. The number of amides is 1. The van der Waals surface area contributed by atoms with Gasteiger partial charge in [0.25, 0.3) is 5.91 Å². The molecule has 0 bridgehead atoms. The Hall–Kier alpha value is -3.53. The molecule has 0 aliphatic heterocycles. The van der Waals surface area contributed by atoms with Crippen LogP contribution in [0.1, 0.15) is 31.9 Å². The van der Waals surface area contributed by atoms with Gasteiger partial charge in [-0.1, -0.05) is 0 Å². The van der Waals surface area contributed by atoms with Gasteiger partial charge in [0, 0.05) is 30.4 Å². The Balaban J connectivity index is 1.93. The number of carbonyl (C=O) groups excluding carboxylic acids is 1. The average Bonchev–Trinajstić information content (AvgIpc) is 2.71. The first kappa shape index (κ1) is 20.8. The number of nitriles is 1. The molecule has 0 aliphatic rings. The van der Waals surface area contributed by atoms with Crippen molar-refractivity contribution in [3.05, 3.63) is 53.6 Å². The highest BCUT2D eigenvalue weighted by Gasteiger charge is 2.14. The van der Waals surface area contributed by atoms with Crippen LogP contribution >= 0.6 is 0 Å². The third kappa shape index (κ3) is 5.48. The van der Waals surface area contributed by atoms with E-state index in [1.165, 1.54) is 6.21 Å². The number of hydrogen-bond donors (Lipinski definition) is 2. The van der Waals surface area contributed by atoms with Crippen LogP contribution in [0.15, 0.2) is 47.6 Å². The number of hydrazone groups is 1. The van der Waals surface area contributed by atoms with Crippen molar-refractivity contribution < 1.29 is 14.6 Å². The fourth-order valence-corrected chi connectivity index (χ4v) is 2.55. The number of nitrogens with one attached hydrogen (secondary N) is 1. The Bertz CT molecular complexity index is 868. The lowest BCUT2D eigenvalue weighted by Crippen LogP contribution is -2.33. The molecule has 0 saturated heterocycles. The number of ether oxygens (including phenoxy) is 1. The number of rotatable bonds is 8. The van der Waals surface area contributed by atoms with Crippen LogP contribution < -0.4 is 15.1 Å². The fraction of sp³-hybridized carbons (Fsp3) is 0.286. The maximum Gasteiger partial charge on any atom is 0.280 e. The molecule has 0 radical (unpaired) electrons. The highest BCUT2D eigenvalue weighted by molar-refractivity contribution is 5.87. The van der Waals surface area contributed by atoms with Crippen LogP contribution in [0.5, 0.6) is 11.5 Å². The smallest absolute Gasteiger partial charge is 0.280 e. The molecule has 0 aromatic heterocycles. The summed E-state index contributed by atoms with van der Waals surface area (Å²) in [5, 5.41) is 22.8. The summed E-state index contributed by atoms with van der Waals surface area (Å²) in [6, 6.07) is 13.8. The van der Waals surface area contributed by atoms with Gasteiger partial charge in [-0.3, -0.25) is 4.79 Å². The molecular formula is C21H24N4O3. The van der Waals surface area contributed by atoms with Gasteiger partial charge in [-0.2, -0.15) is 10.4 Å².